The van der Waals surface area contributed by atoms with Gasteiger partial charge in [-0.2, -0.15) is 38.6 Å². The Kier molecular flexibility index (Phi) is 36.3. The van der Waals surface area contributed by atoms with Gasteiger partial charge in [0.1, 0.15) is 10.1 Å². The first kappa shape index (κ1) is 67.0. The third-order valence-electron chi connectivity index (χ3n) is 7.25. The number of benzene rings is 2. The SMILES string of the molecule is O=S(=O)([O-])CCNc1nc(NCCOCCO)nc(Nc2ccc(C=Cc3ccc(Nc4nc(/N=C\CSOO[O-])nc(NCCOCCO)n4)cc3S(=O)(=O)[O-])c(SOO[O-])c2)n1.[Na+].[Na+].[Na+].[Na+]. The number of aliphatic hydroxyl groups excluding tert-OH is 2. The van der Waals surface area contributed by atoms with E-state index in [9.17, 15) is 36.5 Å². The zero-order chi connectivity index (χ0) is 46.2. The van der Waals surface area contributed by atoms with Gasteiger partial charge < -0.3 is 65.9 Å². The molecule has 0 bridgehead atoms. The molecule has 28 nitrogen and oxygen atoms in total. The summed E-state index contributed by atoms with van der Waals surface area (Å²) in [6.07, 6.45) is 4.06. The molecule has 2 aromatic heterocycles. The number of hydrogen-bond donors (Lipinski definition) is 7. The molecule has 2 aromatic carbocycles. The van der Waals surface area contributed by atoms with Crippen LogP contribution in [0.4, 0.5) is 47.1 Å². The topological polar surface area (TPSA) is 406 Å². The summed E-state index contributed by atoms with van der Waals surface area (Å²) in [7, 11) is -9.65. The first-order valence-corrected chi connectivity index (χ1v) is 22.7. The number of ether oxygens (including phenoxy) is 2. The fourth-order valence-corrected chi connectivity index (χ4v) is 6.50. The molecule has 2 heterocycles. The van der Waals surface area contributed by atoms with Crippen molar-refractivity contribution < 1.29 is 193 Å². The number of aromatic nitrogens is 6. The summed E-state index contributed by atoms with van der Waals surface area (Å²) in [6.45, 7) is 0.335. The van der Waals surface area contributed by atoms with Crippen LogP contribution in [-0.4, -0.2) is 143 Å². The van der Waals surface area contributed by atoms with Crippen LogP contribution in [0.3, 0.4) is 0 Å². The summed E-state index contributed by atoms with van der Waals surface area (Å²) < 4.78 is 90.0. The maximum Gasteiger partial charge on any atom is 1.00 e. The molecule has 0 fully saturated rings. The molecular weight excluding hydrogens is 1030 g/mol. The minimum absolute atomic E-state index is 0. The molecule has 0 aliphatic rings. The summed E-state index contributed by atoms with van der Waals surface area (Å²) >= 11 is 1.13. The van der Waals surface area contributed by atoms with Gasteiger partial charge >= 0.3 is 118 Å². The van der Waals surface area contributed by atoms with Crippen molar-refractivity contribution in [1.82, 2.24) is 29.9 Å². The minimum atomic E-state index is -5.11. The van der Waals surface area contributed by atoms with Crippen molar-refractivity contribution in [2.24, 2.45) is 4.99 Å². The second kappa shape index (κ2) is 36.8. The van der Waals surface area contributed by atoms with E-state index in [0.717, 1.165) is 6.07 Å². The minimum Gasteiger partial charge on any atom is -0.748 e. The van der Waals surface area contributed by atoms with Gasteiger partial charge in [0.2, 0.25) is 29.7 Å². The summed E-state index contributed by atoms with van der Waals surface area (Å²) in [5, 5.41) is 59.6. The zero-order valence-electron chi connectivity index (χ0n) is 36.8. The second-order valence-corrected chi connectivity index (χ2v) is 16.1. The first-order valence-electron chi connectivity index (χ1n) is 18.0. The van der Waals surface area contributed by atoms with Crippen LogP contribution in [0.1, 0.15) is 11.1 Å². The van der Waals surface area contributed by atoms with Crippen LogP contribution in [-0.2, 0) is 48.5 Å². The zero-order valence-corrected chi connectivity index (χ0v) is 48.1. The van der Waals surface area contributed by atoms with E-state index in [1.54, 1.807) is 6.07 Å². The van der Waals surface area contributed by atoms with Gasteiger partial charge in [0.15, 0.2) is 0 Å². The molecular formula is C32H38N12Na4O16S4. The third kappa shape index (κ3) is 26.6. The predicted molar refractivity (Wildman–Crippen MR) is 223 cm³/mol. The average molecular weight is 1070 g/mol. The van der Waals surface area contributed by atoms with Crippen molar-refractivity contribution in [3.8, 4) is 0 Å². The Balaban J connectivity index is 0.0000112. The molecule has 0 saturated carbocycles. The molecule has 4 rings (SSSR count). The molecule has 4 aromatic rings. The van der Waals surface area contributed by atoms with Gasteiger partial charge in [-0.1, -0.05) is 24.3 Å². The van der Waals surface area contributed by atoms with E-state index >= 15 is 0 Å². The molecule has 0 aliphatic heterocycles. The van der Waals surface area contributed by atoms with Crippen molar-refractivity contribution in [3.63, 3.8) is 0 Å². The molecule has 350 valence electrons. The van der Waals surface area contributed by atoms with Crippen LogP contribution in [0.15, 0.2) is 51.2 Å². The van der Waals surface area contributed by atoms with E-state index < -0.39 is 30.9 Å². The van der Waals surface area contributed by atoms with Crippen molar-refractivity contribution in [2.75, 3.05) is 97.4 Å². The molecule has 0 atom stereocenters. The largest absolute Gasteiger partial charge is 1.00 e. The van der Waals surface area contributed by atoms with Crippen LogP contribution in [0.5, 0.6) is 0 Å². The fraction of sp³-hybridized carbons (Fsp3) is 0.344. The number of nitrogens with one attached hydrogen (secondary N) is 5. The molecule has 0 radical (unpaired) electrons. The number of rotatable bonds is 31. The van der Waals surface area contributed by atoms with Gasteiger partial charge in [0, 0.05) is 54.2 Å². The van der Waals surface area contributed by atoms with E-state index in [4.69, 9.17) is 19.7 Å². The smallest absolute Gasteiger partial charge is 0.748 e. The van der Waals surface area contributed by atoms with E-state index in [-0.39, 0.29) is 235 Å². The molecule has 0 unspecified atom stereocenters. The number of aliphatic hydroxyl groups is 2. The number of aliphatic imine (C=N–C) groups is 1. The molecule has 36 heteroatoms. The molecule has 7 N–H and O–H groups in total. The van der Waals surface area contributed by atoms with E-state index in [0.29, 0.717) is 35.3 Å². The quantitative estimate of drug-likeness (QED) is 0.00360. The van der Waals surface area contributed by atoms with Gasteiger partial charge in [-0.25, -0.2) is 21.8 Å². The first-order chi connectivity index (χ1) is 30.8. The van der Waals surface area contributed by atoms with Gasteiger partial charge in [-0.3, -0.25) is 10.1 Å². The molecule has 0 spiro atoms. The number of nitrogens with zero attached hydrogens (tertiary/aromatic N) is 7. The van der Waals surface area contributed by atoms with Crippen LogP contribution in [0.2, 0.25) is 0 Å². The van der Waals surface area contributed by atoms with Crippen LogP contribution in [0.25, 0.3) is 12.2 Å². The molecule has 0 amide bonds. The molecule has 0 aliphatic carbocycles. The Bertz CT molecular complexity index is 2400. The Morgan fingerprint density at radius 2 is 1.15 bits per heavy atom. The second-order valence-electron chi connectivity index (χ2n) is 11.8. The Hall–Kier alpha value is -1.01. The predicted octanol–water partition coefficient (Wildman–Crippen LogP) is -12.8. The monoisotopic (exact) mass is 1070 g/mol. The standard InChI is InChI=1S/C32H42N12O16S4.4Na/c45-11-15-55-13-7-33-27-39-29(35-9-17-61-59-57-47)43-32(42-27)38-24-6-4-22(26(20-24)64(52,53)54)2-1-21-3-5-23(19-25(21)62-60-58-48)37-31-41-28(34-8-14-56-16-12-46)40-30(44-31)36-10-18-63(49,50)51;;;;/h1-6,9,19-20,45-48H,7-8,10-18H2,(H,49,50,51)(H,52,53,54)(H2,33,38,39,42,43)(H3,34,36,37,40,41,44);;;;/q;4*+1/p-4/b2-1?,35-9-;;;;. The summed E-state index contributed by atoms with van der Waals surface area (Å²) in [5.41, 5.74) is 0.696. The van der Waals surface area contributed by atoms with Gasteiger partial charge in [0.05, 0.1) is 78.2 Å². The summed E-state index contributed by atoms with van der Waals surface area (Å²) in [4.78, 5) is 28.9. The van der Waals surface area contributed by atoms with E-state index in [2.05, 4.69) is 80.2 Å². The van der Waals surface area contributed by atoms with Crippen LogP contribution >= 0.6 is 24.1 Å². The van der Waals surface area contributed by atoms with Gasteiger partial charge in [-0.15, -0.1) is 0 Å². The number of anilines is 7. The summed E-state index contributed by atoms with van der Waals surface area (Å²) in [5.74, 6) is -1.01. The summed E-state index contributed by atoms with van der Waals surface area (Å²) in [6, 6.07) is 8.38. The van der Waals surface area contributed by atoms with E-state index in [1.165, 1.54) is 42.6 Å². The molecule has 68 heavy (non-hydrogen) atoms. The van der Waals surface area contributed by atoms with Crippen molar-refractivity contribution in [3.05, 3.63) is 47.5 Å². The third-order valence-corrected chi connectivity index (χ3v) is 9.94. The van der Waals surface area contributed by atoms with Crippen molar-refractivity contribution >= 4 is 110 Å². The maximum atomic E-state index is 12.5. The van der Waals surface area contributed by atoms with Gasteiger partial charge in [-0.05, 0) is 35.4 Å². The van der Waals surface area contributed by atoms with E-state index in [1.807, 2.05) is 0 Å². The Morgan fingerprint density at radius 3 is 1.71 bits per heavy atom. The van der Waals surface area contributed by atoms with Crippen LogP contribution < -0.4 is 155 Å². The Morgan fingerprint density at radius 1 is 0.647 bits per heavy atom. The Labute approximate surface area is 486 Å². The van der Waals surface area contributed by atoms with Gasteiger partial charge in [0.25, 0.3) is 5.95 Å². The van der Waals surface area contributed by atoms with Crippen molar-refractivity contribution in [2.45, 2.75) is 9.79 Å². The van der Waals surface area contributed by atoms with Crippen LogP contribution in [0, 0.1) is 0 Å². The fourth-order valence-electron chi connectivity index (χ4n) is 4.71. The average Bonchev–Trinajstić information content (AvgIpc) is 3.24. The molecule has 0 saturated heterocycles. The maximum absolute atomic E-state index is 12.5. The van der Waals surface area contributed by atoms with Crippen molar-refractivity contribution in [1.29, 1.82) is 0 Å². The normalized spacial score (nSPS) is 11.3. The number of hydrogen-bond acceptors (Lipinski definition) is 30.